The Balaban J connectivity index is 0.00000225. The van der Waals surface area contributed by atoms with Crippen molar-refractivity contribution in [3.05, 3.63) is 0 Å². The fraction of sp³-hybridized carbons (Fsp3) is 0.900. The predicted molar refractivity (Wildman–Crippen MR) is 63.8 cm³/mol. The minimum Gasteiger partial charge on any atom is -0.391 e. The second-order valence-electron chi connectivity index (χ2n) is 3.75. The summed E-state index contributed by atoms with van der Waals surface area (Å²) in [6.07, 6.45) is 0.769. The molecule has 1 aliphatic rings. The topological polar surface area (TPSA) is 70.6 Å². The van der Waals surface area contributed by atoms with Gasteiger partial charge in [0.15, 0.2) is 0 Å². The molecule has 0 bridgehead atoms. The Bertz CT molecular complexity index is 199. The molecule has 1 unspecified atom stereocenters. The van der Waals surface area contributed by atoms with Crippen LogP contribution in [0.1, 0.15) is 19.8 Å². The number of carbonyl (C=O) groups is 1. The lowest BCUT2D eigenvalue weighted by atomic mass is 10.2. The van der Waals surface area contributed by atoms with E-state index in [1.807, 2.05) is 6.92 Å². The summed E-state index contributed by atoms with van der Waals surface area (Å²) in [4.78, 5) is 11.5. The quantitative estimate of drug-likeness (QED) is 0.627. The normalized spacial score (nSPS) is 22.0. The van der Waals surface area contributed by atoms with Gasteiger partial charge in [-0.15, -0.1) is 12.4 Å². The molecule has 1 saturated heterocycles. The molecule has 0 saturated carbocycles. The zero-order chi connectivity index (χ0) is 11.1. The Morgan fingerprint density at radius 1 is 1.69 bits per heavy atom. The van der Waals surface area contributed by atoms with Crippen LogP contribution in [-0.2, 0) is 9.53 Å². The van der Waals surface area contributed by atoms with Gasteiger partial charge in [-0.05, 0) is 6.42 Å². The molecule has 1 rings (SSSR count). The zero-order valence-corrected chi connectivity index (χ0v) is 10.4. The third-order valence-electron chi connectivity index (χ3n) is 2.35. The van der Waals surface area contributed by atoms with Crippen molar-refractivity contribution < 1.29 is 14.6 Å². The van der Waals surface area contributed by atoms with Gasteiger partial charge < -0.3 is 20.5 Å². The van der Waals surface area contributed by atoms with Gasteiger partial charge in [-0.2, -0.15) is 0 Å². The van der Waals surface area contributed by atoms with Crippen LogP contribution in [0.25, 0.3) is 0 Å². The van der Waals surface area contributed by atoms with Crippen LogP contribution in [0, 0.1) is 0 Å². The molecule has 96 valence electrons. The Morgan fingerprint density at radius 2 is 2.44 bits per heavy atom. The highest BCUT2D eigenvalue weighted by Gasteiger charge is 2.21. The molecule has 0 aromatic rings. The van der Waals surface area contributed by atoms with Crippen LogP contribution in [0.5, 0.6) is 0 Å². The Kier molecular flexibility index (Phi) is 8.56. The maximum atomic E-state index is 11.5. The van der Waals surface area contributed by atoms with E-state index in [1.54, 1.807) is 0 Å². The zero-order valence-electron chi connectivity index (χ0n) is 9.57. The third kappa shape index (κ3) is 5.65. The first-order valence-corrected chi connectivity index (χ1v) is 5.52. The Morgan fingerprint density at radius 3 is 3.00 bits per heavy atom. The Hall–Kier alpha value is -0.360. The maximum absolute atomic E-state index is 11.5. The second-order valence-corrected chi connectivity index (χ2v) is 3.75. The van der Waals surface area contributed by atoms with Gasteiger partial charge in [0, 0.05) is 19.6 Å². The lowest BCUT2D eigenvalue weighted by Crippen LogP contribution is -2.49. The molecule has 1 heterocycles. The maximum Gasteiger partial charge on any atom is 0.250 e. The van der Waals surface area contributed by atoms with Crippen molar-refractivity contribution in [1.82, 2.24) is 10.6 Å². The summed E-state index contributed by atoms with van der Waals surface area (Å²) in [5, 5.41) is 15.2. The fourth-order valence-corrected chi connectivity index (χ4v) is 1.50. The van der Waals surface area contributed by atoms with E-state index in [9.17, 15) is 9.90 Å². The number of halogens is 1. The molecule has 5 nitrogen and oxygen atoms in total. The van der Waals surface area contributed by atoms with Crippen molar-refractivity contribution >= 4 is 18.3 Å². The monoisotopic (exact) mass is 252 g/mol. The van der Waals surface area contributed by atoms with Crippen molar-refractivity contribution in [2.24, 2.45) is 0 Å². The average Bonchev–Trinajstić information content (AvgIpc) is 2.27. The molecule has 0 radical (unpaired) electrons. The number of hydrogen-bond donors (Lipinski definition) is 3. The SMILES string of the molecule is CCCC(O)CNC(=O)[C@H]1CNCCO1.Cl. The summed E-state index contributed by atoms with van der Waals surface area (Å²) < 4.78 is 5.28. The van der Waals surface area contributed by atoms with Gasteiger partial charge in [-0.3, -0.25) is 4.79 Å². The molecule has 0 spiro atoms. The first kappa shape index (κ1) is 15.6. The van der Waals surface area contributed by atoms with Crippen molar-refractivity contribution in [3.63, 3.8) is 0 Å². The molecule has 3 N–H and O–H groups in total. The van der Waals surface area contributed by atoms with Crippen molar-refractivity contribution in [1.29, 1.82) is 0 Å². The second kappa shape index (κ2) is 8.75. The lowest BCUT2D eigenvalue weighted by Gasteiger charge is -2.23. The fourth-order valence-electron chi connectivity index (χ4n) is 1.50. The molecule has 0 aromatic heterocycles. The molecular formula is C10H21ClN2O3. The van der Waals surface area contributed by atoms with Crippen molar-refractivity contribution in [3.8, 4) is 0 Å². The summed E-state index contributed by atoms with van der Waals surface area (Å²) in [5.74, 6) is -0.141. The van der Waals surface area contributed by atoms with Crippen molar-refractivity contribution in [2.75, 3.05) is 26.2 Å². The lowest BCUT2D eigenvalue weighted by molar-refractivity contribution is -0.134. The summed E-state index contributed by atoms with van der Waals surface area (Å²) in [7, 11) is 0. The molecule has 2 atom stereocenters. The van der Waals surface area contributed by atoms with E-state index in [4.69, 9.17) is 4.74 Å². The average molecular weight is 253 g/mol. The minimum atomic E-state index is -0.449. The highest BCUT2D eigenvalue weighted by molar-refractivity contribution is 5.85. The smallest absolute Gasteiger partial charge is 0.250 e. The molecule has 16 heavy (non-hydrogen) atoms. The van der Waals surface area contributed by atoms with Gasteiger partial charge in [0.1, 0.15) is 6.10 Å². The van der Waals surface area contributed by atoms with Gasteiger partial charge in [0.25, 0.3) is 5.91 Å². The first-order chi connectivity index (χ1) is 7.24. The number of rotatable bonds is 5. The summed E-state index contributed by atoms with van der Waals surface area (Å²) in [6.45, 7) is 4.22. The van der Waals surface area contributed by atoms with Crippen LogP contribution in [0.15, 0.2) is 0 Å². The Labute approximate surface area is 102 Å². The third-order valence-corrected chi connectivity index (χ3v) is 2.35. The summed E-state index contributed by atoms with van der Waals surface area (Å²) >= 11 is 0. The van der Waals surface area contributed by atoms with Gasteiger partial charge in [0.05, 0.1) is 12.7 Å². The highest BCUT2D eigenvalue weighted by atomic mass is 35.5. The number of aliphatic hydroxyl groups excluding tert-OH is 1. The number of aliphatic hydroxyl groups is 1. The molecule has 6 heteroatoms. The molecule has 0 aliphatic carbocycles. The van der Waals surface area contributed by atoms with Gasteiger partial charge in [-0.25, -0.2) is 0 Å². The van der Waals surface area contributed by atoms with E-state index in [1.165, 1.54) is 0 Å². The first-order valence-electron chi connectivity index (χ1n) is 5.52. The minimum absolute atomic E-state index is 0. The largest absolute Gasteiger partial charge is 0.391 e. The number of morpholine rings is 1. The van der Waals surface area contributed by atoms with E-state index < -0.39 is 12.2 Å². The van der Waals surface area contributed by atoms with Crippen LogP contribution < -0.4 is 10.6 Å². The predicted octanol–water partition coefficient (Wildman–Crippen LogP) is -0.326. The van der Waals surface area contributed by atoms with Crippen LogP contribution in [0.3, 0.4) is 0 Å². The van der Waals surface area contributed by atoms with E-state index in [-0.39, 0.29) is 18.3 Å². The highest BCUT2D eigenvalue weighted by Crippen LogP contribution is 1.97. The van der Waals surface area contributed by atoms with Gasteiger partial charge >= 0.3 is 0 Å². The molecular weight excluding hydrogens is 232 g/mol. The number of amides is 1. The number of hydrogen-bond acceptors (Lipinski definition) is 4. The van der Waals surface area contributed by atoms with Crippen LogP contribution in [0.4, 0.5) is 0 Å². The van der Waals surface area contributed by atoms with E-state index in [0.29, 0.717) is 26.1 Å². The molecule has 1 aliphatic heterocycles. The number of nitrogens with one attached hydrogen (secondary N) is 2. The summed E-state index contributed by atoms with van der Waals surface area (Å²) in [6, 6.07) is 0. The van der Waals surface area contributed by atoms with E-state index in [2.05, 4.69) is 10.6 Å². The van der Waals surface area contributed by atoms with E-state index >= 15 is 0 Å². The molecule has 1 amide bonds. The van der Waals surface area contributed by atoms with Gasteiger partial charge in [0.2, 0.25) is 0 Å². The number of ether oxygens (including phenoxy) is 1. The summed E-state index contributed by atoms with van der Waals surface area (Å²) in [5.41, 5.74) is 0. The van der Waals surface area contributed by atoms with Crippen LogP contribution in [0.2, 0.25) is 0 Å². The van der Waals surface area contributed by atoms with Crippen LogP contribution in [-0.4, -0.2) is 49.5 Å². The van der Waals surface area contributed by atoms with Crippen molar-refractivity contribution in [2.45, 2.75) is 32.0 Å². The van der Waals surface area contributed by atoms with Gasteiger partial charge in [-0.1, -0.05) is 13.3 Å². The molecule has 1 fully saturated rings. The molecule has 0 aromatic carbocycles. The van der Waals surface area contributed by atoms with E-state index in [0.717, 1.165) is 13.0 Å². The van der Waals surface area contributed by atoms with Crippen LogP contribution >= 0.6 is 12.4 Å². The number of carbonyl (C=O) groups excluding carboxylic acids is 1. The standard InChI is InChI=1S/C10H20N2O3.ClH/c1-2-3-8(13)6-12-10(14)9-7-11-4-5-15-9;/h8-9,11,13H,2-7H2,1H3,(H,12,14);1H/t8?,9-;/m1./s1.